The van der Waals surface area contributed by atoms with Crippen LogP contribution in [0.3, 0.4) is 0 Å². The quantitative estimate of drug-likeness (QED) is 0.662. The lowest BCUT2D eigenvalue weighted by molar-refractivity contribution is 0.102. The van der Waals surface area contributed by atoms with E-state index in [9.17, 15) is 17.6 Å². The minimum atomic E-state index is -3.75. The Morgan fingerprint density at radius 1 is 0.893 bits per heavy atom. The number of anilines is 1. The van der Waals surface area contributed by atoms with E-state index in [2.05, 4.69) is 10.0 Å². The molecule has 0 atom stereocenters. The van der Waals surface area contributed by atoms with Crippen LogP contribution >= 0.6 is 0 Å². The van der Waals surface area contributed by atoms with Crippen LogP contribution in [0.4, 0.5) is 10.1 Å². The molecule has 0 bridgehead atoms. The van der Waals surface area contributed by atoms with Crippen molar-refractivity contribution in [3.63, 3.8) is 0 Å². The van der Waals surface area contributed by atoms with Crippen LogP contribution in [0.25, 0.3) is 0 Å². The first-order valence-corrected chi connectivity index (χ1v) is 10.0. The number of rotatable bonds is 6. The molecular weight excluding hydrogens is 379 g/mol. The first-order valence-electron chi connectivity index (χ1n) is 8.56. The molecule has 0 saturated heterocycles. The predicted octanol–water partition coefficient (Wildman–Crippen LogP) is 3.86. The third kappa shape index (κ3) is 5.03. The molecular formula is C21H19FN2O3S. The SMILES string of the molecule is Cc1ccc(NC(=O)c2ccc(S(=O)(=O)NCc3ccc(F)cc3)cc2)cc1. The fourth-order valence-electron chi connectivity index (χ4n) is 2.49. The van der Waals surface area contributed by atoms with E-state index in [4.69, 9.17) is 0 Å². The maximum absolute atomic E-state index is 12.9. The van der Waals surface area contributed by atoms with Gasteiger partial charge in [-0.3, -0.25) is 4.79 Å². The summed E-state index contributed by atoms with van der Waals surface area (Å²) in [5, 5.41) is 2.76. The Labute approximate surface area is 163 Å². The van der Waals surface area contributed by atoms with Crippen LogP contribution in [0.5, 0.6) is 0 Å². The molecule has 0 spiro atoms. The monoisotopic (exact) mass is 398 g/mol. The minimum Gasteiger partial charge on any atom is -0.322 e. The topological polar surface area (TPSA) is 75.3 Å². The van der Waals surface area contributed by atoms with Gasteiger partial charge in [0.05, 0.1) is 4.90 Å². The number of carbonyl (C=O) groups is 1. The molecule has 0 radical (unpaired) electrons. The maximum Gasteiger partial charge on any atom is 0.255 e. The van der Waals surface area contributed by atoms with Crippen LogP contribution < -0.4 is 10.0 Å². The highest BCUT2D eigenvalue weighted by Crippen LogP contribution is 2.14. The third-order valence-electron chi connectivity index (χ3n) is 4.12. The second-order valence-corrected chi connectivity index (χ2v) is 8.06. The molecule has 0 aliphatic rings. The zero-order valence-electron chi connectivity index (χ0n) is 15.1. The lowest BCUT2D eigenvalue weighted by Crippen LogP contribution is -2.23. The smallest absolute Gasteiger partial charge is 0.255 e. The van der Waals surface area contributed by atoms with Crippen LogP contribution in [0.1, 0.15) is 21.5 Å². The van der Waals surface area contributed by atoms with Crippen molar-refractivity contribution in [2.75, 3.05) is 5.32 Å². The van der Waals surface area contributed by atoms with E-state index in [1.165, 1.54) is 48.5 Å². The summed E-state index contributed by atoms with van der Waals surface area (Å²) in [7, 11) is -3.75. The van der Waals surface area contributed by atoms with Gasteiger partial charge in [-0.15, -0.1) is 0 Å². The zero-order chi connectivity index (χ0) is 20.1. The van der Waals surface area contributed by atoms with E-state index >= 15 is 0 Å². The van der Waals surface area contributed by atoms with Crippen LogP contribution in [-0.4, -0.2) is 14.3 Å². The second kappa shape index (κ2) is 8.33. The number of hydrogen-bond donors (Lipinski definition) is 2. The normalized spacial score (nSPS) is 11.2. The van der Waals surface area contributed by atoms with Crippen LogP contribution in [-0.2, 0) is 16.6 Å². The summed E-state index contributed by atoms with van der Waals surface area (Å²) >= 11 is 0. The van der Waals surface area contributed by atoms with Crippen molar-refractivity contribution in [1.82, 2.24) is 4.72 Å². The molecule has 0 aromatic heterocycles. The predicted molar refractivity (Wildman–Crippen MR) is 106 cm³/mol. The number of nitrogens with one attached hydrogen (secondary N) is 2. The molecule has 7 heteroatoms. The van der Waals surface area contributed by atoms with Crippen molar-refractivity contribution in [3.05, 3.63) is 95.3 Å². The molecule has 0 unspecified atom stereocenters. The Morgan fingerprint density at radius 2 is 1.50 bits per heavy atom. The fraction of sp³-hybridized carbons (Fsp3) is 0.0952. The molecule has 0 saturated carbocycles. The summed E-state index contributed by atoms with van der Waals surface area (Å²) in [4.78, 5) is 12.3. The highest BCUT2D eigenvalue weighted by molar-refractivity contribution is 7.89. The zero-order valence-corrected chi connectivity index (χ0v) is 16.0. The summed E-state index contributed by atoms with van der Waals surface area (Å²) in [5.41, 5.74) is 2.73. The first kappa shape index (κ1) is 19.7. The van der Waals surface area contributed by atoms with Crippen molar-refractivity contribution in [1.29, 1.82) is 0 Å². The van der Waals surface area contributed by atoms with Gasteiger partial charge in [0.15, 0.2) is 0 Å². The summed E-state index contributed by atoms with van der Waals surface area (Å²) in [5.74, 6) is -0.710. The van der Waals surface area contributed by atoms with Crippen molar-refractivity contribution in [2.24, 2.45) is 0 Å². The minimum absolute atomic E-state index is 0.0400. The molecule has 5 nitrogen and oxygen atoms in total. The Hall–Kier alpha value is -3.03. The van der Waals surface area contributed by atoms with Crippen molar-refractivity contribution in [3.8, 4) is 0 Å². The third-order valence-corrected chi connectivity index (χ3v) is 5.53. The van der Waals surface area contributed by atoms with Gasteiger partial charge >= 0.3 is 0 Å². The number of benzene rings is 3. The molecule has 3 aromatic carbocycles. The molecule has 2 N–H and O–H groups in total. The largest absolute Gasteiger partial charge is 0.322 e. The van der Waals surface area contributed by atoms with Gasteiger partial charge in [0.1, 0.15) is 5.82 Å². The Balaban J connectivity index is 1.65. The van der Waals surface area contributed by atoms with Gasteiger partial charge in [-0.25, -0.2) is 17.5 Å². The van der Waals surface area contributed by atoms with Crippen LogP contribution in [0, 0.1) is 12.7 Å². The van der Waals surface area contributed by atoms with E-state index < -0.39 is 10.0 Å². The van der Waals surface area contributed by atoms with Gasteiger partial charge in [0.25, 0.3) is 5.91 Å². The maximum atomic E-state index is 12.9. The van der Waals surface area contributed by atoms with E-state index in [1.807, 2.05) is 19.1 Å². The molecule has 0 heterocycles. The van der Waals surface area contributed by atoms with Gasteiger partial charge in [-0.2, -0.15) is 0 Å². The average Bonchev–Trinajstić information content (AvgIpc) is 2.69. The van der Waals surface area contributed by atoms with E-state index in [0.29, 0.717) is 16.8 Å². The van der Waals surface area contributed by atoms with E-state index in [0.717, 1.165) is 5.56 Å². The second-order valence-electron chi connectivity index (χ2n) is 6.30. The van der Waals surface area contributed by atoms with Crippen LogP contribution in [0.15, 0.2) is 77.7 Å². The molecule has 3 rings (SSSR count). The van der Waals surface area contributed by atoms with E-state index in [1.54, 1.807) is 12.1 Å². The summed E-state index contributed by atoms with van der Waals surface area (Å²) in [6.45, 7) is 1.99. The van der Waals surface area contributed by atoms with Gasteiger partial charge in [-0.05, 0) is 61.0 Å². The van der Waals surface area contributed by atoms with Gasteiger partial charge in [-0.1, -0.05) is 29.8 Å². The number of sulfonamides is 1. The summed E-state index contributed by atoms with van der Waals surface area (Å²) < 4.78 is 40.1. The van der Waals surface area contributed by atoms with Crippen LogP contribution in [0.2, 0.25) is 0 Å². The Morgan fingerprint density at radius 3 is 2.11 bits per heavy atom. The van der Waals surface area contributed by atoms with E-state index in [-0.39, 0.29) is 23.2 Å². The number of hydrogen-bond acceptors (Lipinski definition) is 3. The molecule has 144 valence electrons. The number of amides is 1. The molecule has 0 fully saturated rings. The highest BCUT2D eigenvalue weighted by atomic mass is 32.2. The summed E-state index contributed by atoms with van der Waals surface area (Å²) in [6.07, 6.45) is 0. The highest BCUT2D eigenvalue weighted by Gasteiger charge is 2.15. The standard InChI is InChI=1S/C21H19FN2O3S/c1-15-2-10-19(11-3-15)24-21(25)17-6-12-20(13-7-17)28(26,27)23-14-16-4-8-18(22)9-5-16/h2-13,23H,14H2,1H3,(H,24,25). The summed E-state index contributed by atoms with van der Waals surface area (Å²) in [6, 6.07) is 18.6. The molecule has 3 aromatic rings. The molecule has 0 aliphatic carbocycles. The molecule has 28 heavy (non-hydrogen) atoms. The average molecular weight is 398 g/mol. The molecule has 1 amide bonds. The van der Waals surface area contributed by atoms with Gasteiger partial charge in [0, 0.05) is 17.8 Å². The van der Waals surface area contributed by atoms with Gasteiger partial charge < -0.3 is 5.32 Å². The Kier molecular flexibility index (Phi) is 5.87. The lowest BCUT2D eigenvalue weighted by Gasteiger charge is -2.09. The Bertz CT molecular complexity index is 1060. The first-order chi connectivity index (χ1) is 13.3. The van der Waals surface area contributed by atoms with Crippen molar-refractivity contribution in [2.45, 2.75) is 18.4 Å². The number of carbonyl (C=O) groups excluding carboxylic acids is 1. The fourth-order valence-corrected chi connectivity index (χ4v) is 3.51. The molecule has 0 aliphatic heterocycles. The number of halogens is 1. The van der Waals surface area contributed by atoms with Gasteiger partial charge in [0.2, 0.25) is 10.0 Å². The lowest BCUT2D eigenvalue weighted by atomic mass is 10.2. The van der Waals surface area contributed by atoms with Crippen molar-refractivity contribution >= 4 is 21.6 Å². The number of aryl methyl sites for hydroxylation is 1. The van der Waals surface area contributed by atoms with Crippen molar-refractivity contribution < 1.29 is 17.6 Å².